The Hall–Kier alpha value is -1.51. The topological polar surface area (TPSA) is 84.5 Å². The Balaban J connectivity index is 2.11. The normalized spacial score (nSPS) is 15.1. The minimum Gasteiger partial charge on any atom is -0.466 e. The van der Waals surface area contributed by atoms with E-state index in [2.05, 4.69) is 15.0 Å². The molecule has 2 N–H and O–H groups in total. The van der Waals surface area contributed by atoms with Gasteiger partial charge in [0.2, 0.25) is 0 Å². The fourth-order valence-electron chi connectivity index (χ4n) is 1.75. The zero-order chi connectivity index (χ0) is 15.5. The van der Waals surface area contributed by atoms with Crippen LogP contribution in [0.3, 0.4) is 0 Å². The first-order chi connectivity index (χ1) is 9.94. The quantitative estimate of drug-likeness (QED) is 0.618. The van der Waals surface area contributed by atoms with Crippen molar-refractivity contribution in [1.82, 2.24) is 10.3 Å². The number of benzene rings is 1. The number of hydrogen-bond acceptors (Lipinski definition) is 6. The number of aryl methyl sites for hydroxylation is 1. The zero-order valence-corrected chi connectivity index (χ0v) is 13.3. The summed E-state index contributed by atoms with van der Waals surface area (Å²) in [6.07, 6.45) is 0. The number of nitrogens with one attached hydrogen (secondary N) is 2. The summed E-state index contributed by atoms with van der Waals surface area (Å²) in [6, 6.07) is 6.49. The molecule has 6 nitrogen and oxygen atoms in total. The standard InChI is InChI=1S/C13H16N2O4S2/c1-9-3-5-10(6-4-9)21(17,18)15-14-12-8-20-7-11(12)13(16)19-2/h3-6,14-15H,7-8H2,1-2H3. The van der Waals surface area contributed by atoms with Crippen molar-refractivity contribution in [1.29, 1.82) is 0 Å². The predicted molar refractivity (Wildman–Crippen MR) is 81.0 cm³/mol. The smallest absolute Gasteiger partial charge is 0.336 e. The van der Waals surface area contributed by atoms with Gasteiger partial charge in [0, 0.05) is 17.2 Å². The minimum absolute atomic E-state index is 0.159. The molecule has 1 aliphatic heterocycles. The second kappa shape index (κ2) is 6.50. The molecule has 1 heterocycles. The van der Waals surface area contributed by atoms with E-state index in [0.29, 0.717) is 22.8 Å². The Morgan fingerprint density at radius 2 is 1.90 bits per heavy atom. The number of sulfonamides is 1. The van der Waals surface area contributed by atoms with E-state index in [4.69, 9.17) is 0 Å². The van der Waals surface area contributed by atoms with E-state index < -0.39 is 16.0 Å². The Labute approximate surface area is 128 Å². The second-order valence-corrected chi connectivity index (χ2v) is 7.15. The third kappa shape index (κ3) is 3.78. The molecule has 0 atom stereocenters. The summed E-state index contributed by atoms with van der Waals surface area (Å²) in [5.41, 5.74) is 4.58. The van der Waals surface area contributed by atoms with Crippen molar-refractivity contribution >= 4 is 27.8 Å². The second-order valence-electron chi connectivity index (χ2n) is 4.49. The van der Waals surface area contributed by atoms with Gasteiger partial charge in [-0.05, 0) is 19.1 Å². The van der Waals surface area contributed by atoms with E-state index in [0.717, 1.165) is 5.56 Å². The molecular formula is C13H16N2O4S2. The van der Waals surface area contributed by atoms with Gasteiger partial charge in [0.1, 0.15) is 0 Å². The summed E-state index contributed by atoms with van der Waals surface area (Å²) in [4.78, 5) is 14.0. The first-order valence-electron chi connectivity index (χ1n) is 6.16. The van der Waals surface area contributed by atoms with Gasteiger partial charge in [-0.2, -0.15) is 11.8 Å². The number of hydrazine groups is 1. The monoisotopic (exact) mass is 328 g/mol. The first kappa shape index (κ1) is 15.9. The third-order valence-electron chi connectivity index (χ3n) is 2.96. The maximum atomic E-state index is 12.1. The van der Waals surface area contributed by atoms with Crippen LogP contribution < -0.4 is 10.3 Å². The number of methoxy groups -OCH3 is 1. The highest BCUT2D eigenvalue weighted by molar-refractivity contribution is 8.00. The van der Waals surface area contributed by atoms with E-state index in [1.165, 1.54) is 31.0 Å². The lowest BCUT2D eigenvalue weighted by Crippen LogP contribution is -2.37. The van der Waals surface area contributed by atoms with Crippen LogP contribution in [0.2, 0.25) is 0 Å². The van der Waals surface area contributed by atoms with Crippen molar-refractivity contribution in [2.45, 2.75) is 11.8 Å². The van der Waals surface area contributed by atoms with E-state index in [-0.39, 0.29) is 4.90 Å². The van der Waals surface area contributed by atoms with Crippen molar-refractivity contribution < 1.29 is 17.9 Å². The molecule has 2 rings (SSSR count). The largest absolute Gasteiger partial charge is 0.466 e. The van der Waals surface area contributed by atoms with Crippen molar-refractivity contribution in [3.8, 4) is 0 Å². The Morgan fingerprint density at radius 1 is 1.24 bits per heavy atom. The molecule has 0 fully saturated rings. The Kier molecular flexibility index (Phi) is 4.92. The predicted octanol–water partition coefficient (Wildman–Crippen LogP) is 0.952. The van der Waals surface area contributed by atoms with Crippen LogP contribution in [0.5, 0.6) is 0 Å². The molecule has 0 radical (unpaired) electrons. The van der Waals surface area contributed by atoms with Gasteiger partial charge in [-0.15, -0.1) is 4.83 Å². The van der Waals surface area contributed by atoms with Crippen LogP contribution >= 0.6 is 11.8 Å². The fraction of sp³-hybridized carbons (Fsp3) is 0.308. The number of hydrogen-bond donors (Lipinski definition) is 2. The van der Waals surface area contributed by atoms with Crippen LogP contribution in [-0.2, 0) is 19.6 Å². The van der Waals surface area contributed by atoms with Crippen LogP contribution in [0.4, 0.5) is 0 Å². The van der Waals surface area contributed by atoms with Crippen LogP contribution in [0.25, 0.3) is 0 Å². The highest BCUT2D eigenvalue weighted by atomic mass is 32.2. The maximum absolute atomic E-state index is 12.1. The first-order valence-corrected chi connectivity index (χ1v) is 8.80. The molecule has 21 heavy (non-hydrogen) atoms. The molecule has 0 amide bonds. The lowest BCUT2D eigenvalue weighted by molar-refractivity contribution is -0.136. The number of ether oxygens (including phenoxy) is 1. The lowest BCUT2D eigenvalue weighted by atomic mass is 10.2. The summed E-state index contributed by atoms with van der Waals surface area (Å²) in [5, 5.41) is 0. The van der Waals surface area contributed by atoms with Crippen LogP contribution in [0, 0.1) is 6.92 Å². The average Bonchev–Trinajstić information content (AvgIpc) is 2.93. The van der Waals surface area contributed by atoms with Crippen molar-refractivity contribution in [2.75, 3.05) is 18.6 Å². The number of esters is 1. The van der Waals surface area contributed by atoms with Gasteiger partial charge in [0.05, 0.1) is 17.6 Å². The molecule has 1 aliphatic rings. The van der Waals surface area contributed by atoms with Crippen molar-refractivity contribution in [3.05, 3.63) is 41.1 Å². The highest BCUT2D eigenvalue weighted by Gasteiger charge is 2.23. The molecule has 1 aromatic carbocycles. The third-order valence-corrected chi connectivity index (χ3v) is 5.21. The van der Waals surface area contributed by atoms with Gasteiger partial charge in [0.15, 0.2) is 0 Å². The van der Waals surface area contributed by atoms with Gasteiger partial charge < -0.3 is 10.2 Å². The Bertz CT molecular complexity index is 666. The number of rotatable bonds is 5. The molecule has 0 aliphatic carbocycles. The number of carbonyl (C=O) groups excluding carboxylic acids is 1. The fourth-order valence-corrected chi connectivity index (χ4v) is 3.67. The van der Waals surface area contributed by atoms with E-state index >= 15 is 0 Å². The molecule has 0 aromatic heterocycles. The summed E-state index contributed by atoms with van der Waals surface area (Å²) >= 11 is 1.51. The molecule has 1 aromatic rings. The molecule has 114 valence electrons. The number of thioether (sulfide) groups is 1. The van der Waals surface area contributed by atoms with Crippen molar-refractivity contribution in [3.63, 3.8) is 0 Å². The molecule has 0 bridgehead atoms. The van der Waals surface area contributed by atoms with E-state index in [1.54, 1.807) is 12.1 Å². The Morgan fingerprint density at radius 3 is 2.52 bits per heavy atom. The summed E-state index contributed by atoms with van der Waals surface area (Å²) < 4.78 is 28.9. The zero-order valence-electron chi connectivity index (χ0n) is 11.7. The average molecular weight is 328 g/mol. The van der Waals surface area contributed by atoms with Gasteiger partial charge in [0.25, 0.3) is 10.0 Å². The van der Waals surface area contributed by atoms with E-state index in [1.807, 2.05) is 6.92 Å². The number of carbonyl (C=O) groups is 1. The molecule has 0 spiro atoms. The molecular weight excluding hydrogens is 312 g/mol. The van der Waals surface area contributed by atoms with Gasteiger partial charge >= 0.3 is 5.97 Å². The SMILES string of the molecule is COC(=O)C1=C(NNS(=O)(=O)c2ccc(C)cc2)CSC1. The van der Waals surface area contributed by atoms with Crippen LogP contribution in [0.15, 0.2) is 40.4 Å². The van der Waals surface area contributed by atoms with Gasteiger partial charge in [-0.25, -0.2) is 13.2 Å². The lowest BCUT2D eigenvalue weighted by Gasteiger charge is -2.11. The van der Waals surface area contributed by atoms with Crippen LogP contribution in [-0.4, -0.2) is 33.0 Å². The van der Waals surface area contributed by atoms with Gasteiger partial charge in [-0.1, -0.05) is 17.7 Å². The summed E-state index contributed by atoms with van der Waals surface area (Å²) in [7, 11) is -2.38. The van der Waals surface area contributed by atoms with Crippen molar-refractivity contribution in [2.24, 2.45) is 0 Å². The molecule has 0 unspecified atom stereocenters. The summed E-state index contributed by atoms with van der Waals surface area (Å²) in [6.45, 7) is 1.88. The van der Waals surface area contributed by atoms with Gasteiger partial charge in [-0.3, -0.25) is 0 Å². The highest BCUT2D eigenvalue weighted by Crippen LogP contribution is 2.23. The van der Waals surface area contributed by atoms with E-state index in [9.17, 15) is 13.2 Å². The molecule has 0 saturated heterocycles. The molecule has 0 saturated carbocycles. The van der Waals surface area contributed by atoms with Crippen LogP contribution in [0.1, 0.15) is 5.56 Å². The molecule has 8 heteroatoms. The maximum Gasteiger partial charge on any atom is 0.336 e. The minimum atomic E-state index is -3.68. The summed E-state index contributed by atoms with van der Waals surface area (Å²) in [5.74, 6) is 0.583.